The molecule has 0 fully saturated rings. The van der Waals surface area contributed by atoms with Gasteiger partial charge in [-0.15, -0.1) is 0 Å². The summed E-state index contributed by atoms with van der Waals surface area (Å²) in [5.41, 5.74) is 9.29. The predicted octanol–water partition coefficient (Wildman–Crippen LogP) is 9.75. The van der Waals surface area contributed by atoms with Crippen molar-refractivity contribution in [2.45, 2.75) is 92.2 Å². The molecule has 2 atom stereocenters. The van der Waals surface area contributed by atoms with E-state index in [1.54, 1.807) is 0 Å². The van der Waals surface area contributed by atoms with Crippen LogP contribution in [0.1, 0.15) is 79.1 Å². The molecule has 5 aromatic rings. The van der Waals surface area contributed by atoms with Crippen LogP contribution >= 0.6 is 0 Å². The highest BCUT2D eigenvalue weighted by molar-refractivity contribution is 5.95. The first-order chi connectivity index (χ1) is 19.7. The first-order valence-corrected chi connectivity index (χ1v) is 15.5. The molecule has 0 bridgehead atoms. The van der Waals surface area contributed by atoms with Crippen LogP contribution in [-0.4, -0.2) is 19.1 Å². The van der Waals surface area contributed by atoms with E-state index in [4.69, 9.17) is 0 Å². The van der Waals surface area contributed by atoms with Gasteiger partial charge in [-0.1, -0.05) is 115 Å². The molecule has 3 aromatic carbocycles. The molecular formula is C36H44N4. The van der Waals surface area contributed by atoms with Crippen molar-refractivity contribution in [1.29, 1.82) is 0 Å². The van der Waals surface area contributed by atoms with Crippen LogP contribution in [0.5, 0.6) is 0 Å². The first kappa shape index (κ1) is 28.1. The number of fused-ring (bicyclic) bond motifs is 2. The zero-order valence-electron chi connectivity index (χ0n) is 24.8. The van der Waals surface area contributed by atoms with Gasteiger partial charge in [-0.2, -0.15) is 0 Å². The molecule has 4 nitrogen and oxygen atoms in total. The maximum Gasteiger partial charge on any atom is 0.177 e. The van der Waals surface area contributed by atoms with Crippen molar-refractivity contribution in [2.24, 2.45) is 11.8 Å². The molecule has 0 aliphatic rings. The van der Waals surface area contributed by atoms with Gasteiger partial charge in [-0.25, -0.2) is 9.97 Å². The topological polar surface area (TPSA) is 35.6 Å². The molecule has 5 rings (SSSR count). The molecule has 0 saturated heterocycles. The minimum Gasteiger partial charge on any atom is -0.321 e. The van der Waals surface area contributed by atoms with E-state index < -0.39 is 0 Å². The van der Waals surface area contributed by atoms with Crippen LogP contribution in [0, 0.1) is 24.5 Å². The fourth-order valence-electron chi connectivity index (χ4n) is 6.05. The number of unbranched alkanes of at least 4 members (excludes halogenated alkanes) is 2. The van der Waals surface area contributed by atoms with E-state index in [2.05, 4.69) is 120 Å². The lowest BCUT2D eigenvalue weighted by molar-refractivity contribution is 0.394. The summed E-state index contributed by atoms with van der Waals surface area (Å²) in [5.74, 6) is 1.31. The normalized spacial score (nSPS) is 13.3. The number of hydrogen-bond acceptors (Lipinski definition) is 2. The summed E-state index contributed by atoms with van der Waals surface area (Å²) < 4.78 is 4.53. The lowest BCUT2D eigenvalue weighted by Gasteiger charge is -2.17. The lowest BCUT2D eigenvalue weighted by Crippen LogP contribution is -2.10. The van der Waals surface area contributed by atoms with Gasteiger partial charge < -0.3 is 9.13 Å². The monoisotopic (exact) mass is 532 g/mol. The number of rotatable bonds is 14. The third-order valence-electron chi connectivity index (χ3n) is 8.63. The fourth-order valence-corrected chi connectivity index (χ4v) is 6.05. The Hall–Kier alpha value is -3.40. The SMILES string of the molecule is CCCCC(CC)Cn1[c]nc2cccc(-c3ccc(-c4cccc5n[c]n(CC(CC)CCCC)c45)cc3)c21. The third kappa shape index (κ3) is 6.01. The Balaban J connectivity index is 1.47. The van der Waals surface area contributed by atoms with Crippen molar-refractivity contribution in [1.82, 2.24) is 19.1 Å². The molecule has 0 aliphatic heterocycles. The quantitative estimate of drug-likeness (QED) is 0.143. The molecule has 2 unspecified atom stereocenters. The number of imidazole rings is 2. The summed E-state index contributed by atoms with van der Waals surface area (Å²) in [5, 5.41) is 0. The second kappa shape index (κ2) is 13.3. The highest BCUT2D eigenvalue weighted by atomic mass is 15.1. The van der Waals surface area contributed by atoms with Crippen molar-refractivity contribution < 1.29 is 0 Å². The average Bonchev–Trinajstić information content (AvgIpc) is 3.61. The molecule has 0 spiro atoms. The second-order valence-corrected chi connectivity index (χ2v) is 11.4. The van der Waals surface area contributed by atoms with Gasteiger partial charge in [-0.3, -0.25) is 0 Å². The van der Waals surface area contributed by atoms with E-state index in [1.807, 2.05) is 0 Å². The van der Waals surface area contributed by atoms with Gasteiger partial charge in [0.05, 0.1) is 22.1 Å². The molecule has 208 valence electrons. The van der Waals surface area contributed by atoms with E-state index >= 15 is 0 Å². The molecule has 2 heterocycles. The van der Waals surface area contributed by atoms with Crippen LogP contribution in [0.2, 0.25) is 0 Å². The number of aromatic nitrogens is 4. The highest BCUT2D eigenvalue weighted by Gasteiger charge is 2.16. The molecule has 0 saturated carbocycles. The van der Waals surface area contributed by atoms with E-state index in [9.17, 15) is 0 Å². The van der Waals surface area contributed by atoms with Gasteiger partial charge in [0.2, 0.25) is 0 Å². The van der Waals surface area contributed by atoms with Gasteiger partial charge in [-0.05, 0) is 47.9 Å². The number of hydrogen-bond donors (Lipinski definition) is 0. The van der Waals surface area contributed by atoms with Crippen molar-refractivity contribution in [3.8, 4) is 22.3 Å². The second-order valence-electron chi connectivity index (χ2n) is 11.4. The molecule has 2 aromatic heterocycles. The Morgan fingerprint density at radius 2 is 1.02 bits per heavy atom. The Morgan fingerprint density at radius 1 is 0.600 bits per heavy atom. The van der Waals surface area contributed by atoms with Crippen LogP contribution in [-0.2, 0) is 13.1 Å². The molecule has 0 aliphatic carbocycles. The standard InChI is InChI=1S/C36H44N4/c1-5-9-13-27(7-3)23-39-25-37-33-17-11-15-31(35(33)39)29-19-21-30(22-20-29)32-16-12-18-34-36(32)40(26-38-34)24-28(8-4)14-10-6-2/h11-12,15-22,27-28H,5-10,13-14,23-24H2,1-4H3. The molecule has 0 N–H and O–H groups in total. The van der Waals surface area contributed by atoms with E-state index in [0.29, 0.717) is 11.8 Å². The van der Waals surface area contributed by atoms with Crippen LogP contribution in [0.3, 0.4) is 0 Å². The van der Waals surface area contributed by atoms with Gasteiger partial charge in [0.15, 0.2) is 12.7 Å². The zero-order chi connectivity index (χ0) is 27.9. The molecule has 2 radical (unpaired) electrons. The molecular weight excluding hydrogens is 488 g/mol. The summed E-state index contributed by atoms with van der Waals surface area (Å²) in [6, 6.07) is 21.9. The fraction of sp³-hybridized carbons (Fsp3) is 0.444. The maximum atomic E-state index is 4.65. The number of para-hydroxylation sites is 2. The van der Waals surface area contributed by atoms with E-state index in [-0.39, 0.29) is 0 Å². The number of nitrogens with zero attached hydrogens (tertiary/aromatic N) is 4. The van der Waals surface area contributed by atoms with Gasteiger partial charge in [0.25, 0.3) is 0 Å². The minimum atomic E-state index is 0.653. The first-order valence-electron chi connectivity index (χ1n) is 15.5. The Morgan fingerprint density at radius 3 is 1.40 bits per heavy atom. The summed E-state index contributed by atoms with van der Waals surface area (Å²) in [4.78, 5) is 9.30. The molecule has 40 heavy (non-hydrogen) atoms. The predicted molar refractivity (Wildman–Crippen MR) is 168 cm³/mol. The van der Waals surface area contributed by atoms with E-state index in [1.165, 1.54) is 84.7 Å². The largest absolute Gasteiger partial charge is 0.321 e. The molecule has 4 heteroatoms. The number of benzene rings is 3. The smallest absolute Gasteiger partial charge is 0.177 e. The summed E-state index contributed by atoms with van der Waals surface area (Å²) in [6.07, 6.45) is 16.5. The Kier molecular flexibility index (Phi) is 9.36. The third-order valence-corrected chi connectivity index (χ3v) is 8.63. The molecule has 0 amide bonds. The highest BCUT2D eigenvalue weighted by Crippen LogP contribution is 2.34. The maximum absolute atomic E-state index is 4.65. The van der Waals surface area contributed by atoms with Crippen LogP contribution in [0.4, 0.5) is 0 Å². The van der Waals surface area contributed by atoms with Crippen molar-refractivity contribution in [3.05, 3.63) is 73.3 Å². The zero-order valence-corrected chi connectivity index (χ0v) is 24.8. The van der Waals surface area contributed by atoms with Gasteiger partial charge in [0.1, 0.15) is 0 Å². The summed E-state index contributed by atoms with van der Waals surface area (Å²) in [7, 11) is 0. The summed E-state index contributed by atoms with van der Waals surface area (Å²) in [6.45, 7) is 11.1. The Bertz CT molecular complexity index is 1390. The Labute approximate surface area is 240 Å². The van der Waals surface area contributed by atoms with Crippen LogP contribution in [0.25, 0.3) is 44.3 Å². The average molecular weight is 533 g/mol. The minimum absolute atomic E-state index is 0.653. The van der Waals surface area contributed by atoms with Crippen LogP contribution < -0.4 is 0 Å². The summed E-state index contributed by atoms with van der Waals surface area (Å²) >= 11 is 0. The van der Waals surface area contributed by atoms with Crippen molar-refractivity contribution in [2.75, 3.05) is 0 Å². The van der Waals surface area contributed by atoms with Gasteiger partial charge >= 0.3 is 0 Å². The van der Waals surface area contributed by atoms with Crippen molar-refractivity contribution in [3.63, 3.8) is 0 Å². The van der Waals surface area contributed by atoms with E-state index in [0.717, 1.165) is 24.1 Å². The van der Waals surface area contributed by atoms with Crippen molar-refractivity contribution >= 4 is 22.1 Å². The lowest BCUT2D eigenvalue weighted by atomic mass is 9.97. The van der Waals surface area contributed by atoms with Gasteiger partial charge in [0, 0.05) is 24.2 Å². The van der Waals surface area contributed by atoms with Crippen LogP contribution in [0.15, 0.2) is 60.7 Å².